The van der Waals surface area contributed by atoms with E-state index in [4.69, 9.17) is 0 Å². The van der Waals surface area contributed by atoms with Gasteiger partial charge in [0.1, 0.15) is 0 Å². The van der Waals surface area contributed by atoms with Gasteiger partial charge in [0.15, 0.2) is 5.65 Å². The summed E-state index contributed by atoms with van der Waals surface area (Å²) in [5.41, 5.74) is 3.08. The number of fused-ring (bicyclic) bond motifs is 1. The lowest BCUT2D eigenvalue weighted by Gasteiger charge is -2.09. The molecular weight excluding hydrogens is 244 g/mol. The summed E-state index contributed by atoms with van der Waals surface area (Å²) in [6.45, 7) is 6.13. The third kappa shape index (κ3) is 3.46. The van der Waals surface area contributed by atoms with E-state index in [1.807, 2.05) is 41.7 Å². The topological polar surface area (TPSA) is 42.2 Å². The van der Waals surface area contributed by atoms with E-state index in [9.17, 15) is 0 Å². The Kier molecular flexibility index (Phi) is 4.60. The van der Waals surface area contributed by atoms with Crippen molar-refractivity contribution in [3.63, 3.8) is 0 Å². The van der Waals surface area contributed by atoms with E-state index in [2.05, 4.69) is 28.6 Å². The summed E-state index contributed by atoms with van der Waals surface area (Å²) in [5, 5.41) is 8.53. The van der Waals surface area contributed by atoms with Gasteiger partial charge in [0.2, 0.25) is 0 Å². The third-order valence-electron chi connectivity index (χ3n) is 2.95. The van der Waals surface area contributed by atoms with Crippen molar-refractivity contribution in [2.24, 2.45) is 0 Å². The molecule has 2 rings (SSSR count). The average molecular weight is 264 g/mol. The lowest BCUT2D eigenvalue weighted by molar-refractivity contribution is 0.644. The van der Waals surface area contributed by atoms with Crippen LogP contribution < -0.4 is 5.32 Å². The molecule has 0 aliphatic carbocycles. The van der Waals surface area contributed by atoms with Gasteiger partial charge in [-0.1, -0.05) is 6.92 Å². The maximum absolute atomic E-state index is 4.39. The van der Waals surface area contributed by atoms with Crippen molar-refractivity contribution in [3.05, 3.63) is 29.7 Å². The standard InChI is InChI=1S/C13H20N4S/c1-10-6-13-15-8-12(9-17(13)16-10)7-14-5-4-11(2)18-3/h6,8-9,11,14H,4-5,7H2,1-3H3. The maximum atomic E-state index is 4.39. The van der Waals surface area contributed by atoms with Gasteiger partial charge in [-0.25, -0.2) is 9.50 Å². The predicted molar refractivity (Wildman–Crippen MR) is 77.0 cm³/mol. The molecule has 0 radical (unpaired) electrons. The number of aromatic nitrogens is 3. The Morgan fingerprint density at radius 1 is 1.50 bits per heavy atom. The molecule has 2 heterocycles. The van der Waals surface area contributed by atoms with Gasteiger partial charge < -0.3 is 5.32 Å². The summed E-state index contributed by atoms with van der Waals surface area (Å²) >= 11 is 1.91. The van der Waals surface area contributed by atoms with Crippen LogP contribution in [0.25, 0.3) is 5.65 Å². The molecule has 5 heteroatoms. The molecule has 0 amide bonds. The Labute approximate surface area is 112 Å². The highest BCUT2D eigenvalue weighted by molar-refractivity contribution is 7.99. The first-order chi connectivity index (χ1) is 8.69. The second-order valence-electron chi connectivity index (χ2n) is 4.56. The zero-order valence-corrected chi connectivity index (χ0v) is 12.0. The first-order valence-corrected chi connectivity index (χ1v) is 7.52. The molecule has 0 spiro atoms. The first kappa shape index (κ1) is 13.4. The lowest BCUT2D eigenvalue weighted by atomic mass is 10.3. The molecule has 0 saturated heterocycles. The van der Waals surface area contributed by atoms with E-state index in [1.54, 1.807) is 0 Å². The van der Waals surface area contributed by atoms with Crippen molar-refractivity contribution in [2.45, 2.75) is 32.1 Å². The van der Waals surface area contributed by atoms with Crippen LogP contribution >= 0.6 is 11.8 Å². The molecule has 1 atom stereocenters. The normalized spacial score (nSPS) is 13.1. The summed E-state index contributed by atoms with van der Waals surface area (Å²) in [7, 11) is 0. The fourth-order valence-corrected chi connectivity index (χ4v) is 2.13. The largest absolute Gasteiger partial charge is 0.313 e. The van der Waals surface area contributed by atoms with Crippen LogP contribution in [0.1, 0.15) is 24.6 Å². The van der Waals surface area contributed by atoms with Crippen molar-refractivity contribution < 1.29 is 0 Å². The van der Waals surface area contributed by atoms with Crippen molar-refractivity contribution >= 4 is 17.4 Å². The van der Waals surface area contributed by atoms with Crippen molar-refractivity contribution in [3.8, 4) is 0 Å². The van der Waals surface area contributed by atoms with E-state index < -0.39 is 0 Å². The van der Waals surface area contributed by atoms with Crippen LogP contribution in [0.5, 0.6) is 0 Å². The van der Waals surface area contributed by atoms with Gasteiger partial charge in [-0.15, -0.1) is 0 Å². The molecule has 4 nitrogen and oxygen atoms in total. The van der Waals surface area contributed by atoms with E-state index in [-0.39, 0.29) is 0 Å². The minimum absolute atomic E-state index is 0.715. The molecule has 0 bridgehead atoms. The Balaban J connectivity index is 1.87. The van der Waals surface area contributed by atoms with Gasteiger partial charge >= 0.3 is 0 Å². The third-order valence-corrected chi connectivity index (χ3v) is 3.99. The van der Waals surface area contributed by atoms with Gasteiger partial charge in [-0.3, -0.25) is 0 Å². The maximum Gasteiger partial charge on any atom is 0.155 e. The highest BCUT2D eigenvalue weighted by Gasteiger charge is 2.01. The summed E-state index contributed by atoms with van der Waals surface area (Å²) < 4.78 is 1.84. The van der Waals surface area contributed by atoms with Gasteiger partial charge in [0.25, 0.3) is 0 Å². The molecule has 0 saturated carbocycles. The van der Waals surface area contributed by atoms with Crippen LogP contribution in [0.2, 0.25) is 0 Å². The summed E-state index contributed by atoms with van der Waals surface area (Å²) in [6, 6.07) is 1.98. The van der Waals surface area contributed by atoms with Crippen LogP contribution in [0.15, 0.2) is 18.5 Å². The first-order valence-electron chi connectivity index (χ1n) is 6.23. The molecule has 1 unspecified atom stereocenters. The number of rotatable bonds is 6. The molecule has 2 aromatic rings. The van der Waals surface area contributed by atoms with E-state index in [0.717, 1.165) is 24.4 Å². The number of aryl methyl sites for hydroxylation is 1. The molecule has 0 fully saturated rings. The predicted octanol–water partition coefficient (Wildman–Crippen LogP) is 2.27. The Morgan fingerprint density at radius 2 is 2.33 bits per heavy atom. The van der Waals surface area contributed by atoms with Gasteiger partial charge in [-0.05, 0) is 26.1 Å². The molecule has 0 aliphatic heterocycles. The monoisotopic (exact) mass is 264 g/mol. The van der Waals surface area contributed by atoms with Gasteiger partial charge in [0.05, 0.1) is 5.69 Å². The SMILES string of the molecule is CSC(C)CCNCc1cnc2cc(C)nn2c1. The minimum Gasteiger partial charge on any atom is -0.313 e. The molecule has 0 aromatic carbocycles. The van der Waals surface area contributed by atoms with E-state index in [1.165, 1.54) is 12.0 Å². The quantitative estimate of drug-likeness (QED) is 0.813. The van der Waals surface area contributed by atoms with Crippen LogP contribution in [-0.2, 0) is 6.54 Å². The molecule has 98 valence electrons. The van der Waals surface area contributed by atoms with Crippen LogP contribution in [0.3, 0.4) is 0 Å². The zero-order chi connectivity index (χ0) is 13.0. The number of nitrogens with zero attached hydrogens (tertiary/aromatic N) is 3. The van der Waals surface area contributed by atoms with Crippen molar-refractivity contribution in [2.75, 3.05) is 12.8 Å². The van der Waals surface area contributed by atoms with E-state index >= 15 is 0 Å². The summed E-state index contributed by atoms with van der Waals surface area (Å²) in [6.07, 6.45) is 7.31. The molecular formula is C13H20N4S. The number of thioether (sulfide) groups is 1. The van der Waals surface area contributed by atoms with Gasteiger partial charge in [0, 0.05) is 35.8 Å². The lowest BCUT2D eigenvalue weighted by Crippen LogP contribution is -2.18. The highest BCUT2D eigenvalue weighted by atomic mass is 32.2. The van der Waals surface area contributed by atoms with Crippen molar-refractivity contribution in [1.29, 1.82) is 0 Å². The number of nitrogens with one attached hydrogen (secondary N) is 1. The average Bonchev–Trinajstić information content (AvgIpc) is 2.73. The van der Waals surface area contributed by atoms with Gasteiger partial charge in [-0.2, -0.15) is 16.9 Å². The molecule has 1 N–H and O–H groups in total. The van der Waals surface area contributed by atoms with Crippen LogP contribution in [0, 0.1) is 6.92 Å². The minimum atomic E-state index is 0.715. The number of hydrogen-bond donors (Lipinski definition) is 1. The summed E-state index contributed by atoms with van der Waals surface area (Å²) in [5.74, 6) is 0. The van der Waals surface area contributed by atoms with Crippen LogP contribution in [0.4, 0.5) is 0 Å². The van der Waals surface area contributed by atoms with E-state index in [0.29, 0.717) is 5.25 Å². The second-order valence-corrected chi connectivity index (χ2v) is 5.84. The fraction of sp³-hybridized carbons (Fsp3) is 0.538. The Hall–Kier alpha value is -1.07. The smallest absolute Gasteiger partial charge is 0.155 e. The number of hydrogen-bond acceptors (Lipinski definition) is 4. The second kappa shape index (κ2) is 6.20. The zero-order valence-electron chi connectivity index (χ0n) is 11.2. The van der Waals surface area contributed by atoms with Crippen LogP contribution in [-0.4, -0.2) is 32.6 Å². The summed E-state index contributed by atoms with van der Waals surface area (Å²) in [4.78, 5) is 4.39. The Bertz CT molecular complexity index is 509. The molecule has 2 aromatic heterocycles. The molecule has 0 aliphatic rings. The molecule has 18 heavy (non-hydrogen) atoms. The highest BCUT2D eigenvalue weighted by Crippen LogP contribution is 2.08. The Morgan fingerprint density at radius 3 is 3.11 bits per heavy atom. The van der Waals surface area contributed by atoms with Crippen molar-refractivity contribution in [1.82, 2.24) is 19.9 Å². The fourth-order valence-electron chi connectivity index (χ4n) is 1.78.